The number of morpholine rings is 1. The Morgan fingerprint density at radius 1 is 0.972 bits per heavy atom. The number of carbonyl (C=O) groups is 3. The number of nitrogens with one attached hydrogen (secondary N) is 2. The third-order valence-electron chi connectivity index (χ3n) is 5.81. The number of carbonyl (C=O) groups excluding carboxylic acids is 3. The van der Waals surface area contributed by atoms with Crippen molar-refractivity contribution in [2.75, 3.05) is 43.1 Å². The molecule has 36 heavy (non-hydrogen) atoms. The number of nitrogens with zero attached hydrogens (tertiary/aromatic N) is 1. The number of anilines is 2. The summed E-state index contributed by atoms with van der Waals surface area (Å²) in [5.41, 5.74) is 2.05. The molecule has 3 rings (SSSR count). The maximum Gasteiger partial charge on any atom is 0.329 e. The molecule has 1 aliphatic heterocycles. The highest BCUT2D eigenvalue weighted by Gasteiger charge is 2.29. The molecule has 1 heterocycles. The molecule has 2 atom stereocenters. The number of esters is 1. The minimum absolute atomic E-state index is 0.243. The topological polar surface area (TPSA) is 106 Å². The lowest BCUT2D eigenvalue weighted by Gasteiger charge is -2.29. The van der Waals surface area contributed by atoms with E-state index in [1.807, 2.05) is 31.2 Å². The normalized spacial score (nSPS) is 15.1. The summed E-state index contributed by atoms with van der Waals surface area (Å²) in [6, 6.07) is 13.2. The molecular formula is C27H35N3O6. The first kappa shape index (κ1) is 27.0. The number of benzene rings is 2. The smallest absolute Gasteiger partial charge is 0.329 e. The molecule has 0 bridgehead atoms. The summed E-state index contributed by atoms with van der Waals surface area (Å²) < 4.78 is 16.2. The van der Waals surface area contributed by atoms with Crippen molar-refractivity contribution in [1.29, 1.82) is 0 Å². The van der Waals surface area contributed by atoms with Crippen LogP contribution in [0.25, 0.3) is 0 Å². The highest BCUT2D eigenvalue weighted by Crippen LogP contribution is 2.19. The first-order valence-electron chi connectivity index (χ1n) is 12.3. The van der Waals surface area contributed by atoms with E-state index in [2.05, 4.69) is 15.5 Å². The second-order valence-corrected chi connectivity index (χ2v) is 8.87. The Hall–Kier alpha value is -3.59. The zero-order valence-corrected chi connectivity index (χ0v) is 21.3. The summed E-state index contributed by atoms with van der Waals surface area (Å²) in [6.07, 6.45) is -1.04. The Morgan fingerprint density at radius 2 is 1.61 bits per heavy atom. The maximum absolute atomic E-state index is 12.8. The second-order valence-electron chi connectivity index (χ2n) is 8.87. The van der Waals surface area contributed by atoms with Gasteiger partial charge < -0.3 is 29.7 Å². The van der Waals surface area contributed by atoms with Gasteiger partial charge in [-0.3, -0.25) is 9.59 Å². The van der Waals surface area contributed by atoms with E-state index in [0.29, 0.717) is 36.8 Å². The molecule has 1 unspecified atom stereocenters. The molecule has 194 valence electrons. The molecule has 0 aliphatic carbocycles. The van der Waals surface area contributed by atoms with Crippen LogP contribution in [0.15, 0.2) is 48.5 Å². The quantitative estimate of drug-likeness (QED) is 0.486. The minimum atomic E-state index is -1.04. The standard InChI is InChI=1S/C27H35N3O6/c1-5-35-23-12-6-20(7-13-23)26(32)29-24(18(2)3)27(33)36-19(4)25(31)28-21-8-10-22(11-9-21)30-14-16-34-17-15-30/h6-13,18-19,24H,5,14-17H2,1-4H3,(H,28,31)(H,29,32)/t19?,24-/m0/s1. The van der Waals surface area contributed by atoms with Crippen LogP contribution < -0.4 is 20.3 Å². The zero-order chi connectivity index (χ0) is 26.1. The van der Waals surface area contributed by atoms with Gasteiger partial charge in [0.05, 0.1) is 19.8 Å². The average molecular weight is 498 g/mol. The van der Waals surface area contributed by atoms with Crippen LogP contribution in [0, 0.1) is 5.92 Å². The van der Waals surface area contributed by atoms with Crippen molar-refractivity contribution in [3.8, 4) is 5.75 Å². The lowest BCUT2D eigenvalue weighted by atomic mass is 10.0. The lowest BCUT2D eigenvalue weighted by molar-refractivity contribution is -0.156. The molecule has 1 aliphatic rings. The summed E-state index contributed by atoms with van der Waals surface area (Å²) in [5.74, 6) is -1.12. The summed E-state index contributed by atoms with van der Waals surface area (Å²) >= 11 is 0. The predicted octanol–water partition coefficient (Wildman–Crippen LogP) is 3.25. The molecule has 1 saturated heterocycles. The third kappa shape index (κ3) is 7.45. The molecule has 2 aromatic carbocycles. The summed E-state index contributed by atoms with van der Waals surface area (Å²) in [4.78, 5) is 40.4. The van der Waals surface area contributed by atoms with Gasteiger partial charge in [-0.05, 0) is 68.3 Å². The molecule has 0 spiro atoms. The predicted molar refractivity (Wildman–Crippen MR) is 137 cm³/mol. The number of hydrogen-bond donors (Lipinski definition) is 2. The molecule has 9 nitrogen and oxygen atoms in total. The highest BCUT2D eigenvalue weighted by atomic mass is 16.5. The molecule has 2 N–H and O–H groups in total. The average Bonchev–Trinajstić information content (AvgIpc) is 2.88. The fourth-order valence-electron chi connectivity index (χ4n) is 3.71. The first-order chi connectivity index (χ1) is 17.3. The van der Waals surface area contributed by atoms with Crippen molar-refractivity contribution in [3.63, 3.8) is 0 Å². The Kier molecular flexibility index (Phi) is 9.69. The van der Waals surface area contributed by atoms with E-state index >= 15 is 0 Å². The van der Waals surface area contributed by atoms with Gasteiger partial charge in [-0.25, -0.2) is 4.79 Å². The van der Waals surface area contributed by atoms with E-state index in [1.54, 1.807) is 38.1 Å². The monoisotopic (exact) mass is 497 g/mol. The fraction of sp³-hybridized carbons (Fsp3) is 0.444. The largest absolute Gasteiger partial charge is 0.494 e. The third-order valence-corrected chi connectivity index (χ3v) is 5.81. The Labute approximate surface area is 212 Å². The van der Waals surface area contributed by atoms with E-state index < -0.39 is 29.9 Å². The summed E-state index contributed by atoms with van der Waals surface area (Å²) in [7, 11) is 0. The van der Waals surface area contributed by atoms with E-state index in [0.717, 1.165) is 18.8 Å². The molecule has 0 saturated carbocycles. The van der Waals surface area contributed by atoms with E-state index in [-0.39, 0.29) is 5.92 Å². The van der Waals surface area contributed by atoms with Crippen molar-refractivity contribution >= 4 is 29.2 Å². The van der Waals surface area contributed by atoms with Crippen LogP contribution in [0.3, 0.4) is 0 Å². The number of rotatable bonds is 10. The Balaban J connectivity index is 1.54. The number of ether oxygens (including phenoxy) is 3. The van der Waals surface area contributed by atoms with Gasteiger partial charge in [-0.1, -0.05) is 13.8 Å². The van der Waals surface area contributed by atoms with Gasteiger partial charge in [0.1, 0.15) is 11.8 Å². The summed E-state index contributed by atoms with van der Waals surface area (Å²) in [5, 5.41) is 5.48. The van der Waals surface area contributed by atoms with Crippen LogP contribution in [0.5, 0.6) is 5.75 Å². The van der Waals surface area contributed by atoms with Crippen molar-refractivity contribution < 1.29 is 28.6 Å². The highest BCUT2D eigenvalue weighted by molar-refractivity contribution is 5.98. The molecule has 9 heteroatoms. The molecular weight excluding hydrogens is 462 g/mol. The van der Waals surface area contributed by atoms with Crippen LogP contribution in [0.4, 0.5) is 11.4 Å². The molecule has 0 aromatic heterocycles. The lowest BCUT2D eigenvalue weighted by Crippen LogP contribution is -2.47. The SMILES string of the molecule is CCOc1ccc(C(=O)N[C@H](C(=O)OC(C)C(=O)Nc2ccc(N3CCOCC3)cc2)C(C)C)cc1. The molecule has 1 fully saturated rings. The first-order valence-corrected chi connectivity index (χ1v) is 12.3. The van der Waals surface area contributed by atoms with Crippen molar-refractivity contribution in [2.24, 2.45) is 5.92 Å². The van der Waals surface area contributed by atoms with Gasteiger partial charge >= 0.3 is 5.97 Å². The second kappa shape index (κ2) is 12.9. The van der Waals surface area contributed by atoms with Crippen molar-refractivity contribution in [2.45, 2.75) is 39.8 Å². The van der Waals surface area contributed by atoms with E-state index in [4.69, 9.17) is 14.2 Å². The van der Waals surface area contributed by atoms with Crippen LogP contribution in [-0.4, -0.2) is 62.8 Å². The van der Waals surface area contributed by atoms with Crippen LogP contribution in [0.2, 0.25) is 0 Å². The Morgan fingerprint density at radius 3 is 2.19 bits per heavy atom. The zero-order valence-electron chi connectivity index (χ0n) is 21.3. The summed E-state index contributed by atoms with van der Waals surface area (Å²) in [6.45, 7) is 10.5. The van der Waals surface area contributed by atoms with Gasteiger partial charge in [-0.15, -0.1) is 0 Å². The van der Waals surface area contributed by atoms with Crippen molar-refractivity contribution in [3.05, 3.63) is 54.1 Å². The van der Waals surface area contributed by atoms with Gasteiger partial charge in [-0.2, -0.15) is 0 Å². The molecule has 2 aromatic rings. The molecule has 0 radical (unpaired) electrons. The van der Waals surface area contributed by atoms with Crippen LogP contribution >= 0.6 is 0 Å². The Bertz CT molecular complexity index is 1020. The number of hydrogen-bond acceptors (Lipinski definition) is 7. The van der Waals surface area contributed by atoms with E-state index in [9.17, 15) is 14.4 Å². The van der Waals surface area contributed by atoms with Gasteiger partial charge in [0.15, 0.2) is 6.10 Å². The number of amides is 2. The van der Waals surface area contributed by atoms with Crippen LogP contribution in [0.1, 0.15) is 38.1 Å². The van der Waals surface area contributed by atoms with Gasteiger partial charge in [0.25, 0.3) is 11.8 Å². The maximum atomic E-state index is 12.8. The minimum Gasteiger partial charge on any atom is -0.494 e. The van der Waals surface area contributed by atoms with Gasteiger partial charge in [0.2, 0.25) is 0 Å². The van der Waals surface area contributed by atoms with E-state index in [1.165, 1.54) is 6.92 Å². The fourth-order valence-corrected chi connectivity index (χ4v) is 3.71. The van der Waals surface area contributed by atoms with Gasteiger partial charge in [0, 0.05) is 30.0 Å². The van der Waals surface area contributed by atoms with Crippen molar-refractivity contribution in [1.82, 2.24) is 5.32 Å². The van der Waals surface area contributed by atoms with Crippen LogP contribution in [-0.2, 0) is 19.1 Å². The molecule has 2 amide bonds.